The van der Waals surface area contributed by atoms with E-state index in [-0.39, 0.29) is 10.8 Å². The summed E-state index contributed by atoms with van der Waals surface area (Å²) in [6, 6.07) is 25.8. The fraction of sp³-hybridized carbons (Fsp3) is 0.194. The molecule has 6 rings (SSSR count). The van der Waals surface area contributed by atoms with Gasteiger partial charge in [-0.15, -0.1) is 0 Å². The lowest BCUT2D eigenvalue weighted by atomic mass is 9.79. The fourth-order valence-electron chi connectivity index (χ4n) is 5.45. The summed E-state index contributed by atoms with van der Waals surface area (Å²) in [4.78, 5) is 4.96. The van der Waals surface area contributed by atoms with E-state index in [0.29, 0.717) is 0 Å². The van der Waals surface area contributed by atoms with E-state index in [0.717, 1.165) is 22.8 Å². The summed E-state index contributed by atoms with van der Waals surface area (Å²) in [5, 5.41) is 8.67. The largest absolute Gasteiger partial charge is 0.351 e. The molecular weight excluding hydrogens is 400 g/mol. The molecule has 2 nitrogen and oxygen atoms in total. The number of rotatable bonds is 1. The molecule has 2 heteroatoms. The van der Waals surface area contributed by atoms with Crippen LogP contribution in [0.15, 0.2) is 101 Å². The number of hydrogen-bond acceptors (Lipinski definition) is 2. The number of benzene rings is 4. The van der Waals surface area contributed by atoms with Gasteiger partial charge >= 0.3 is 0 Å². The number of hydrogen-bond donors (Lipinski definition) is 1. The van der Waals surface area contributed by atoms with Gasteiger partial charge < -0.3 is 5.32 Å². The Hall–Kier alpha value is -3.83. The molecule has 2 aliphatic heterocycles. The molecule has 0 bridgehead atoms. The molecule has 0 spiro atoms. The van der Waals surface area contributed by atoms with Crippen LogP contribution in [0.25, 0.3) is 21.5 Å². The van der Waals surface area contributed by atoms with E-state index in [1.807, 2.05) is 6.08 Å². The van der Waals surface area contributed by atoms with Crippen LogP contribution in [0.5, 0.6) is 0 Å². The van der Waals surface area contributed by atoms with Crippen LogP contribution in [0.3, 0.4) is 0 Å². The third kappa shape index (κ3) is 2.86. The summed E-state index contributed by atoms with van der Waals surface area (Å²) in [7, 11) is 0. The molecule has 0 saturated heterocycles. The van der Waals surface area contributed by atoms with Crippen molar-refractivity contribution in [1.82, 2.24) is 0 Å². The maximum Gasteiger partial charge on any atom is 0.0768 e. The molecule has 0 aliphatic carbocycles. The highest BCUT2D eigenvalue weighted by Crippen LogP contribution is 2.47. The molecule has 0 amide bonds. The van der Waals surface area contributed by atoms with Crippen molar-refractivity contribution >= 4 is 38.6 Å². The smallest absolute Gasteiger partial charge is 0.0768 e. The van der Waals surface area contributed by atoms with Crippen molar-refractivity contribution in [1.29, 1.82) is 0 Å². The van der Waals surface area contributed by atoms with Gasteiger partial charge in [-0.3, -0.25) is 4.99 Å². The number of aliphatic imine (C=N–C) groups is 1. The Kier molecular flexibility index (Phi) is 4.10. The highest BCUT2D eigenvalue weighted by molar-refractivity contribution is 6.12. The topological polar surface area (TPSA) is 24.4 Å². The third-order valence-corrected chi connectivity index (χ3v) is 7.26. The lowest BCUT2D eigenvalue weighted by Crippen LogP contribution is -2.23. The molecule has 160 valence electrons. The summed E-state index contributed by atoms with van der Waals surface area (Å²) < 4.78 is 0. The van der Waals surface area contributed by atoms with E-state index in [2.05, 4.69) is 117 Å². The van der Waals surface area contributed by atoms with Gasteiger partial charge in [0.05, 0.1) is 17.1 Å². The Morgan fingerprint density at radius 3 is 2.09 bits per heavy atom. The highest BCUT2D eigenvalue weighted by atomic mass is 14.9. The normalized spacial score (nSPS) is 17.1. The molecule has 33 heavy (non-hydrogen) atoms. The van der Waals surface area contributed by atoms with Gasteiger partial charge in [0.2, 0.25) is 0 Å². The monoisotopic (exact) mass is 426 g/mol. The molecule has 0 aromatic heterocycles. The Morgan fingerprint density at radius 1 is 0.727 bits per heavy atom. The molecular formula is C31H26N2. The van der Waals surface area contributed by atoms with Crippen LogP contribution in [0.2, 0.25) is 0 Å². The summed E-state index contributed by atoms with van der Waals surface area (Å²) in [6.07, 6.45) is 2.00. The van der Waals surface area contributed by atoms with Crippen LogP contribution in [0, 0.1) is 0 Å². The first-order valence-electron chi connectivity index (χ1n) is 11.5. The number of anilines is 1. The first-order chi connectivity index (χ1) is 15.9. The minimum absolute atomic E-state index is 0.177. The first-order valence-corrected chi connectivity index (χ1v) is 11.5. The molecule has 0 unspecified atom stereocenters. The molecule has 0 radical (unpaired) electrons. The van der Waals surface area contributed by atoms with Crippen LogP contribution in [-0.2, 0) is 10.8 Å². The zero-order valence-corrected chi connectivity index (χ0v) is 19.5. The van der Waals surface area contributed by atoms with Gasteiger partial charge in [-0.25, -0.2) is 0 Å². The summed E-state index contributed by atoms with van der Waals surface area (Å²) >= 11 is 0. The van der Waals surface area contributed by atoms with Crippen molar-refractivity contribution in [3.05, 3.63) is 107 Å². The summed E-state index contributed by atoms with van der Waals surface area (Å²) in [6.45, 7) is 8.99. The Balaban J connectivity index is 1.43. The van der Waals surface area contributed by atoms with Gasteiger partial charge in [0.1, 0.15) is 0 Å². The van der Waals surface area contributed by atoms with Crippen molar-refractivity contribution in [2.45, 2.75) is 38.5 Å². The molecule has 1 N–H and O–H groups in total. The number of allylic oxidation sites excluding steroid dienone is 2. The van der Waals surface area contributed by atoms with E-state index < -0.39 is 0 Å². The standard InChI is InChI=1S/C31H26N2/c1-30(2)26(32-24-18-16-20-10-5-7-12-22(20)28(24)30)14-9-15-27-31(3,4)29-23-13-8-6-11-21(23)17-19-25(29)33-27/h5-8,10-14,16-19,33H,1-4H3. The predicted octanol–water partition coefficient (Wildman–Crippen LogP) is 7.95. The second-order valence-electron chi connectivity index (χ2n) is 10.1. The second-order valence-corrected chi connectivity index (χ2v) is 10.1. The van der Waals surface area contributed by atoms with E-state index in [9.17, 15) is 0 Å². The zero-order valence-electron chi connectivity index (χ0n) is 19.5. The lowest BCUT2D eigenvalue weighted by Gasteiger charge is -2.21. The zero-order chi connectivity index (χ0) is 22.8. The van der Waals surface area contributed by atoms with Crippen LogP contribution in [-0.4, -0.2) is 5.71 Å². The number of fused-ring (bicyclic) bond motifs is 6. The molecule has 0 fully saturated rings. The van der Waals surface area contributed by atoms with Gasteiger partial charge in [-0.05, 0) is 64.4 Å². The average molecular weight is 427 g/mol. The van der Waals surface area contributed by atoms with Gasteiger partial charge in [0, 0.05) is 22.6 Å². The van der Waals surface area contributed by atoms with E-state index in [1.165, 1.54) is 32.7 Å². The predicted molar refractivity (Wildman–Crippen MR) is 140 cm³/mol. The minimum atomic E-state index is -0.187. The SMILES string of the molecule is CC1(C)C(C=C=C=C2Nc3ccc4ccccc4c3C2(C)C)=Nc2ccc3ccccc3c21. The average Bonchev–Trinajstić information content (AvgIpc) is 3.23. The van der Waals surface area contributed by atoms with Crippen molar-refractivity contribution in [2.75, 3.05) is 5.32 Å². The Morgan fingerprint density at radius 2 is 1.36 bits per heavy atom. The third-order valence-electron chi connectivity index (χ3n) is 7.26. The van der Waals surface area contributed by atoms with E-state index in [1.54, 1.807) is 0 Å². The van der Waals surface area contributed by atoms with Crippen molar-refractivity contribution in [3.8, 4) is 0 Å². The Labute approximate surface area is 194 Å². The molecule has 2 aliphatic rings. The van der Waals surface area contributed by atoms with Crippen molar-refractivity contribution in [3.63, 3.8) is 0 Å². The second kappa shape index (κ2) is 6.83. The van der Waals surface area contributed by atoms with E-state index >= 15 is 0 Å². The Bertz CT molecular complexity index is 1600. The van der Waals surface area contributed by atoms with E-state index in [4.69, 9.17) is 4.99 Å². The summed E-state index contributed by atoms with van der Waals surface area (Å²) in [5.41, 5.74) is 13.3. The van der Waals surface area contributed by atoms with Crippen LogP contribution in [0.1, 0.15) is 38.8 Å². The fourth-order valence-corrected chi connectivity index (χ4v) is 5.45. The van der Waals surface area contributed by atoms with Crippen LogP contribution < -0.4 is 5.32 Å². The van der Waals surface area contributed by atoms with Crippen LogP contribution >= 0.6 is 0 Å². The van der Waals surface area contributed by atoms with Gasteiger partial charge in [0.25, 0.3) is 0 Å². The van der Waals surface area contributed by atoms with Crippen molar-refractivity contribution in [2.24, 2.45) is 4.99 Å². The maximum absolute atomic E-state index is 4.96. The molecule has 4 aromatic carbocycles. The number of nitrogens with zero attached hydrogens (tertiary/aromatic N) is 1. The van der Waals surface area contributed by atoms with Gasteiger partial charge in [-0.1, -0.05) is 80.2 Å². The summed E-state index contributed by atoms with van der Waals surface area (Å²) in [5.74, 6) is 0. The molecule has 0 saturated carbocycles. The maximum atomic E-state index is 4.96. The first kappa shape index (κ1) is 19.8. The minimum Gasteiger partial charge on any atom is -0.351 e. The lowest BCUT2D eigenvalue weighted by molar-refractivity contribution is 0.661. The van der Waals surface area contributed by atoms with Crippen LogP contribution in [0.4, 0.5) is 11.4 Å². The van der Waals surface area contributed by atoms with Crippen molar-refractivity contribution < 1.29 is 0 Å². The quantitative estimate of drug-likeness (QED) is 0.307. The molecule has 4 aromatic rings. The number of nitrogens with one attached hydrogen (secondary N) is 1. The van der Waals surface area contributed by atoms with Gasteiger partial charge in [-0.2, -0.15) is 0 Å². The molecule has 2 heterocycles. The molecule has 0 atom stereocenters. The highest BCUT2D eigenvalue weighted by Gasteiger charge is 2.37. The van der Waals surface area contributed by atoms with Gasteiger partial charge in [0.15, 0.2) is 0 Å².